The number of hydrogen-bond donors (Lipinski definition) is 1. The van der Waals surface area contributed by atoms with Crippen LogP contribution >= 0.6 is 0 Å². The summed E-state index contributed by atoms with van der Waals surface area (Å²) < 4.78 is 9.87. The molecule has 1 aromatic rings. The van der Waals surface area contributed by atoms with Gasteiger partial charge in [0.15, 0.2) is 6.61 Å². The number of esters is 1. The van der Waals surface area contributed by atoms with Crippen LogP contribution in [0, 0.1) is 0 Å². The molecule has 0 aliphatic carbocycles. The largest absolute Gasteiger partial charge is 0.481 e. The van der Waals surface area contributed by atoms with Gasteiger partial charge in [-0.1, -0.05) is 0 Å². The quantitative estimate of drug-likeness (QED) is 0.771. The van der Waals surface area contributed by atoms with E-state index in [2.05, 4.69) is 4.98 Å². The van der Waals surface area contributed by atoms with Crippen molar-refractivity contribution in [2.24, 2.45) is 5.73 Å². The monoisotopic (exact) mass is 321 g/mol. The van der Waals surface area contributed by atoms with Crippen LogP contribution in [-0.4, -0.2) is 54.0 Å². The van der Waals surface area contributed by atoms with Crippen molar-refractivity contribution in [3.8, 4) is 5.88 Å². The molecule has 0 aromatic carbocycles. The number of amides is 2. The Bertz CT molecular complexity index is 587. The molecule has 0 bridgehead atoms. The second-order valence-electron chi connectivity index (χ2n) is 5.17. The number of ether oxygens (including phenoxy) is 2. The fourth-order valence-corrected chi connectivity index (χ4v) is 2.44. The lowest BCUT2D eigenvalue weighted by Gasteiger charge is -2.33. The standard InChI is InChI=1S/C15H19N3O5/c1-22-12-6-5-10(8-17-12)15(21)23-9-13(19)18-7-3-2-4-11(18)14(16)20/h5-6,8,11H,2-4,7,9H2,1H3,(H2,16,20)/t11-/m0/s1. The molecule has 0 saturated carbocycles. The summed E-state index contributed by atoms with van der Waals surface area (Å²) in [7, 11) is 1.47. The van der Waals surface area contributed by atoms with Crippen LogP contribution in [0.3, 0.4) is 0 Å². The molecule has 124 valence electrons. The van der Waals surface area contributed by atoms with Crippen molar-refractivity contribution in [1.29, 1.82) is 0 Å². The Kier molecular flexibility index (Phi) is 5.51. The number of primary amides is 1. The van der Waals surface area contributed by atoms with Crippen LogP contribution in [-0.2, 0) is 14.3 Å². The summed E-state index contributed by atoms with van der Waals surface area (Å²) in [6.45, 7) is 0.00270. The molecule has 23 heavy (non-hydrogen) atoms. The molecular formula is C15H19N3O5. The van der Waals surface area contributed by atoms with Crippen molar-refractivity contribution in [2.45, 2.75) is 25.3 Å². The number of piperidine rings is 1. The summed E-state index contributed by atoms with van der Waals surface area (Å²) in [5.74, 6) is -1.26. The minimum absolute atomic E-state index is 0.212. The van der Waals surface area contributed by atoms with Gasteiger partial charge in [0.2, 0.25) is 11.8 Å². The molecule has 1 atom stereocenters. The average molecular weight is 321 g/mol. The number of likely N-dealkylation sites (tertiary alicyclic amines) is 1. The van der Waals surface area contributed by atoms with E-state index in [9.17, 15) is 14.4 Å². The van der Waals surface area contributed by atoms with E-state index in [1.807, 2.05) is 0 Å². The van der Waals surface area contributed by atoms with Gasteiger partial charge in [-0.25, -0.2) is 9.78 Å². The highest BCUT2D eigenvalue weighted by Gasteiger charge is 2.31. The van der Waals surface area contributed by atoms with Crippen molar-refractivity contribution in [2.75, 3.05) is 20.3 Å². The van der Waals surface area contributed by atoms with E-state index in [0.717, 1.165) is 12.8 Å². The van der Waals surface area contributed by atoms with Crippen molar-refractivity contribution in [3.05, 3.63) is 23.9 Å². The number of hydrogen-bond acceptors (Lipinski definition) is 6. The van der Waals surface area contributed by atoms with E-state index in [1.54, 1.807) is 0 Å². The maximum atomic E-state index is 12.2. The van der Waals surface area contributed by atoms with Crippen LogP contribution in [0.2, 0.25) is 0 Å². The molecule has 1 aliphatic heterocycles. The zero-order valence-corrected chi connectivity index (χ0v) is 12.9. The van der Waals surface area contributed by atoms with E-state index >= 15 is 0 Å². The number of nitrogens with two attached hydrogens (primary N) is 1. The third-order valence-electron chi connectivity index (χ3n) is 3.66. The minimum Gasteiger partial charge on any atom is -0.481 e. The average Bonchev–Trinajstić information content (AvgIpc) is 2.59. The van der Waals surface area contributed by atoms with Gasteiger partial charge in [-0.2, -0.15) is 0 Å². The lowest BCUT2D eigenvalue weighted by atomic mass is 10.0. The second-order valence-corrected chi connectivity index (χ2v) is 5.17. The predicted octanol–water partition coefficient (Wildman–Crippen LogP) is 0.113. The summed E-state index contributed by atoms with van der Waals surface area (Å²) >= 11 is 0. The van der Waals surface area contributed by atoms with Gasteiger partial charge in [-0.15, -0.1) is 0 Å². The van der Waals surface area contributed by atoms with Crippen molar-refractivity contribution in [3.63, 3.8) is 0 Å². The summed E-state index contributed by atoms with van der Waals surface area (Å²) in [6, 6.07) is 2.38. The van der Waals surface area contributed by atoms with Crippen LogP contribution < -0.4 is 10.5 Å². The van der Waals surface area contributed by atoms with E-state index in [0.29, 0.717) is 18.8 Å². The van der Waals surface area contributed by atoms with Crippen molar-refractivity contribution >= 4 is 17.8 Å². The van der Waals surface area contributed by atoms with Gasteiger partial charge in [-0.3, -0.25) is 9.59 Å². The molecule has 0 unspecified atom stereocenters. The molecule has 1 aromatic heterocycles. The number of rotatable bonds is 5. The zero-order valence-electron chi connectivity index (χ0n) is 12.9. The summed E-state index contributed by atoms with van der Waals surface area (Å²) in [6.07, 6.45) is 3.48. The number of carbonyl (C=O) groups is 3. The van der Waals surface area contributed by atoms with Gasteiger partial charge in [0.1, 0.15) is 6.04 Å². The molecule has 2 N–H and O–H groups in total. The summed E-state index contributed by atoms with van der Waals surface area (Å²) in [5.41, 5.74) is 5.52. The molecule has 0 spiro atoms. The van der Waals surface area contributed by atoms with Crippen LogP contribution in [0.5, 0.6) is 5.88 Å². The first-order valence-corrected chi connectivity index (χ1v) is 7.29. The first kappa shape index (κ1) is 16.7. The Morgan fingerprint density at radius 3 is 2.74 bits per heavy atom. The summed E-state index contributed by atoms with van der Waals surface area (Å²) in [5, 5.41) is 0. The molecule has 8 nitrogen and oxygen atoms in total. The first-order valence-electron chi connectivity index (χ1n) is 7.29. The van der Waals surface area contributed by atoms with Gasteiger partial charge in [0.05, 0.1) is 12.7 Å². The fourth-order valence-electron chi connectivity index (χ4n) is 2.44. The fraction of sp³-hybridized carbons (Fsp3) is 0.467. The van der Waals surface area contributed by atoms with Gasteiger partial charge >= 0.3 is 5.97 Å². The predicted molar refractivity (Wildman–Crippen MR) is 79.6 cm³/mol. The number of carbonyl (C=O) groups excluding carboxylic acids is 3. The maximum Gasteiger partial charge on any atom is 0.340 e. The molecule has 0 radical (unpaired) electrons. The molecule has 2 heterocycles. The Balaban J connectivity index is 1.92. The van der Waals surface area contributed by atoms with E-state index < -0.39 is 30.4 Å². The number of nitrogens with zero attached hydrogens (tertiary/aromatic N) is 2. The topological polar surface area (TPSA) is 112 Å². The van der Waals surface area contributed by atoms with Gasteiger partial charge in [0, 0.05) is 18.8 Å². The second kappa shape index (κ2) is 7.57. The maximum absolute atomic E-state index is 12.2. The number of pyridine rings is 1. The molecule has 1 aliphatic rings. The van der Waals surface area contributed by atoms with Gasteiger partial charge in [-0.05, 0) is 25.3 Å². The highest BCUT2D eigenvalue weighted by atomic mass is 16.5. The zero-order chi connectivity index (χ0) is 16.8. The highest BCUT2D eigenvalue weighted by Crippen LogP contribution is 2.17. The molecule has 8 heteroatoms. The van der Waals surface area contributed by atoms with E-state index in [1.165, 1.54) is 30.3 Å². The SMILES string of the molecule is COc1ccc(C(=O)OCC(=O)N2CCCC[C@H]2C(N)=O)cn1. The first-order chi connectivity index (χ1) is 11.0. The summed E-state index contributed by atoms with van der Waals surface area (Å²) in [4.78, 5) is 40.7. The Morgan fingerprint density at radius 1 is 1.35 bits per heavy atom. The normalized spacial score (nSPS) is 17.4. The van der Waals surface area contributed by atoms with Crippen LogP contribution in [0.25, 0.3) is 0 Å². The number of methoxy groups -OCH3 is 1. The Morgan fingerprint density at radius 2 is 2.13 bits per heavy atom. The third-order valence-corrected chi connectivity index (χ3v) is 3.66. The molecular weight excluding hydrogens is 302 g/mol. The molecule has 1 saturated heterocycles. The van der Waals surface area contributed by atoms with Crippen LogP contribution in [0.4, 0.5) is 0 Å². The Hall–Kier alpha value is -2.64. The van der Waals surface area contributed by atoms with Crippen LogP contribution in [0.15, 0.2) is 18.3 Å². The van der Waals surface area contributed by atoms with Gasteiger partial charge in [0.25, 0.3) is 5.91 Å². The molecule has 1 fully saturated rings. The minimum atomic E-state index is -0.666. The Labute approximate surface area is 133 Å². The van der Waals surface area contributed by atoms with Crippen molar-refractivity contribution in [1.82, 2.24) is 9.88 Å². The van der Waals surface area contributed by atoms with Crippen molar-refractivity contribution < 1.29 is 23.9 Å². The number of aromatic nitrogens is 1. The van der Waals surface area contributed by atoms with Gasteiger partial charge < -0.3 is 20.1 Å². The van der Waals surface area contributed by atoms with Crippen LogP contribution in [0.1, 0.15) is 29.6 Å². The third kappa shape index (κ3) is 4.18. The molecule has 2 amide bonds. The van der Waals surface area contributed by atoms with E-state index in [-0.39, 0.29) is 5.56 Å². The smallest absolute Gasteiger partial charge is 0.340 e. The highest BCUT2D eigenvalue weighted by molar-refractivity contribution is 5.92. The molecule has 2 rings (SSSR count). The van der Waals surface area contributed by atoms with E-state index in [4.69, 9.17) is 15.2 Å². The lowest BCUT2D eigenvalue weighted by Crippen LogP contribution is -2.51. The lowest BCUT2D eigenvalue weighted by molar-refractivity contribution is -0.143.